The van der Waals surface area contributed by atoms with E-state index in [9.17, 15) is 0 Å². The van der Waals surface area contributed by atoms with Crippen molar-refractivity contribution in [3.05, 3.63) is 0 Å². The van der Waals surface area contributed by atoms with E-state index >= 15 is 0 Å². The molecule has 0 amide bonds. The first-order valence-corrected chi connectivity index (χ1v) is 4.89. The normalized spacial score (nSPS) is 30.2. The summed E-state index contributed by atoms with van der Waals surface area (Å²) >= 11 is 0. The summed E-state index contributed by atoms with van der Waals surface area (Å²) in [5.74, 6) is 0. The lowest BCUT2D eigenvalue weighted by Gasteiger charge is -2.42. The molecule has 0 aromatic heterocycles. The first kappa shape index (κ1) is 8.79. The van der Waals surface area contributed by atoms with Gasteiger partial charge in [-0.2, -0.15) is 5.26 Å². The molecule has 1 unspecified atom stereocenters. The molecule has 2 aliphatic rings. The lowest BCUT2D eigenvalue weighted by atomic mass is 10.1. The molecule has 0 aromatic rings. The van der Waals surface area contributed by atoms with Gasteiger partial charge in [0.05, 0.1) is 0 Å². The van der Waals surface area contributed by atoms with Crippen molar-refractivity contribution in [1.29, 1.82) is 5.26 Å². The standard InChI is InChI=1S/C9H16N4/c1-11-8-4-13(5-8)9-2-3-12(6-9)7-10/h8-9,11H,2-6H2,1H3. The van der Waals surface area contributed by atoms with Gasteiger partial charge in [0.25, 0.3) is 0 Å². The van der Waals surface area contributed by atoms with Gasteiger partial charge in [-0.25, -0.2) is 0 Å². The van der Waals surface area contributed by atoms with Crippen LogP contribution in [0.1, 0.15) is 6.42 Å². The zero-order valence-electron chi connectivity index (χ0n) is 8.03. The Kier molecular flexibility index (Phi) is 2.38. The zero-order valence-corrected chi connectivity index (χ0v) is 8.03. The fraction of sp³-hybridized carbons (Fsp3) is 0.889. The number of nitrogens with zero attached hydrogens (tertiary/aromatic N) is 3. The quantitative estimate of drug-likeness (QED) is 0.579. The molecular formula is C9H16N4. The molecule has 2 saturated heterocycles. The SMILES string of the molecule is CNC1CN(C2CCN(C#N)C2)C1. The lowest BCUT2D eigenvalue weighted by molar-refractivity contribution is 0.0851. The molecule has 0 saturated carbocycles. The molecule has 72 valence electrons. The van der Waals surface area contributed by atoms with Gasteiger partial charge in [0.2, 0.25) is 0 Å². The van der Waals surface area contributed by atoms with Gasteiger partial charge < -0.3 is 10.2 Å². The smallest absolute Gasteiger partial charge is 0.179 e. The minimum absolute atomic E-state index is 0.629. The molecule has 2 heterocycles. The van der Waals surface area contributed by atoms with Crippen molar-refractivity contribution >= 4 is 0 Å². The molecule has 0 spiro atoms. The van der Waals surface area contributed by atoms with Gasteiger partial charge in [0.15, 0.2) is 6.19 Å². The van der Waals surface area contributed by atoms with Crippen LogP contribution >= 0.6 is 0 Å². The third-order valence-corrected chi connectivity index (χ3v) is 3.14. The number of likely N-dealkylation sites (N-methyl/N-ethyl adjacent to an activating group) is 1. The third-order valence-electron chi connectivity index (χ3n) is 3.14. The van der Waals surface area contributed by atoms with Gasteiger partial charge in [-0.15, -0.1) is 0 Å². The van der Waals surface area contributed by atoms with Crippen LogP contribution < -0.4 is 5.32 Å². The highest BCUT2D eigenvalue weighted by molar-refractivity contribution is 4.95. The van der Waals surface area contributed by atoms with Crippen molar-refractivity contribution in [2.24, 2.45) is 0 Å². The van der Waals surface area contributed by atoms with Crippen LogP contribution in [-0.4, -0.2) is 55.1 Å². The molecular weight excluding hydrogens is 164 g/mol. The van der Waals surface area contributed by atoms with Crippen LogP contribution in [0.2, 0.25) is 0 Å². The van der Waals surface area contributed by atoms with Crippen LogP contribution in [0.15, 0.2) is 0 Å². The van der Waals surface area contributed by atoms with Crippen molar-refractivity contribution in [3.63, 3.8) is 0 Å². The fourth-order valence-corrected chi connectivity index (χ4v) is 2.12. The van der Waals surface area contributed by atoms with Gasteiger partial charge in [0, 0.05) is 38.3 Å². The summed E-state index contributed by atoms with van der Waals surface area (Å²) in [7, 11) is 2.01. The minimum Gasteiger partial charge on any atom is -0.315 e. The van der Waals surface area contributed by atoms with E-state index in [2.05, 4.69) is 16.4 Å². The number of hydrogen-bond donors (Lipinski definition) is 1. The Labute approximate surface area is 79.1 Å². The van der Waals surface area contributed by atoms with Crippen molar-refractivity contribution in [1.82, 2.24) is 15.1 Å². The van der Waals surface area contributed by atoms with Gasteiger partial charge >= 0.3 is 0 Å². The predicted molar refractivity (Wildman–Crippen MR) is 50.0 cm³/mol. The molecule has 13 heavy (non-hydrogen) atoms. The Morgan fingerprint density at radius 1 is 1.38 bits per heavy atom. The molecule has 0 bridgehead atoms. The van der Waals surface area contributed by atoms with E-state index in [-0.39, 0.29) is 0 Å². The second-order valence-corrected chi connectivity index (χ2v) is 3.93. The van der Waals surface area contributed by atoms with Crippen LogP contribution in [0.5, 0.6) is 0 Å². The summed E-state index contributed by atoms with van der Waals surface area (Å²) in [6.07, 6.45) is 3.37. The van der Waals surface area contributed by atoms with Crippen LogP contribution in [0.25, 0.3) is 0 Å². The maximum absolute atomic E-state index is 8.70. The summed E-state index contributed by atoms with van der Waals surface area (Å²) in [5, 5.41) is 12.0. The Morgan fingerprint density at radius 3 is 2.69 bits per heavy atom. The topological polar surface area (TPSA) is 42.3 Å². The summed E-state index contributed by atoms with van der Waals surface area (Å²) in [5.41, 5.74) is 0. The number of rotatable bonds is 2. The average Bonchev–Trinajstić information content (AvgIpc) is 2.51. The Balaban J connectivity index is 1.76. The molecule has 1 N–H and O–H groups in total. The number of nitrogens with one attached hydrogen (secondary N) is 1. The van der Waals surface area contributed by atoms with Gasteiger partial charge in [-0.3, -0.25) is 4.90 Å². The molecule has 1 atom stereocenters. The maximum Gasteiger partial charge on any atom is 0.179 e. The molecule has 0 radical (unpaired) electrons. The number of nitriles is 1. The molecule has 0 aromatic carbocycles. The second-order valence-electron chi connectivity index (χ2n) is 3.93. The maximum atomic E-state index is 8.70. The highest BCUT2D eigenvalue weighted by Crippen LogP contribution is 2.20. The van der Waals surface area contributed by atoms with Gasteiger partial charge in [-0.05, 0) is 13.5 Å². The number of likely N-dealkylation sites (tertiary alicyclic amines) is 2. The molecule has 2 rings (SSSR count). The van der Waals surface area contributed by atoms with E-state index < -0.39 is 0 Å². The second kappa shape index (κ2) is 3.52. The van der Waals surface area contributed by atoms with E-state index in [1.54, 1.807) is 0 Å². The predicted octanol–water partition coefficient (Wildman–Crippen LogP) is -0.555. The van der Waals surface area contributed by atoms with E-state index in [0.29, 0.717) is 12.1 Å². The molecule has 2 aliphatic heterocycles. The zero-order chi connectivity index (χ0) is 9.26. The van der Waals surface area contributed by atoms with E-state index in [1.807, 2.05) is 11.9 Å². The molecule has 4 nitrogen and oxygen atoms in total. The van der Waals surface area contributed by atoms with Crippen LogP contribution in [-0.2, 0) is 0 Å². The Bertz CT molecular complexity index is 216. The summed E-state index contributed by atoms with van der Waals surface area (Å²) in [6, 6.07) is 1.31. The minimum atomic E-state index is 0.629. The van der Waals surface area contributed by atoms with E-state index in [1.165, 1.54) is 0 Å². The summed E-state index contributed by atoms with van der Waals surface area (Å²) < 4.78 is 0. The number of hydrogen-bond acceptors (Lipinski definition) is 4. The molecule has 4 heteroatoms. The highest BCUT2D eigenvalue weighted by atomic mass is 15.3. The molecule has 2 fully saturated rings. The average molecular weight is 180 g/mol. The van der Waals surface area contributed by atoms with Crippen LogP contribution in [0, 0.1) is 11.5 Å². The molecule has 0 aliphatic carbocycles. The highest BCUT2D eigenvalue weighted by Gasteiger charge is 2.34. The van der Waals surface area contributed by atoms with Crippen molar-refractivity contribution in [2.75, 3.05) is 33.2 Å². The van der Waals surface area contributed by atoms with Crippen LogP contribution in [0.4, 0.5) is 0 Å². The van der Waals surface area contributed by atoms with Crippen molar-refractivity contribution < 1.29 is 0 Å². The lowest BCUT2D eigenvalue weighted by Crippen LogP contribution is -2.60. The summed E-state index contributed by atoms with van der Waals surface area (Å²) in [4.78, 5) is 4.33. The first-order chi connectivity index (χ1) is 6.33. The first-order valence-electron chi connectivity index (χ1n) is 4.89. The Morgan fingerprint density at radius 2 is 2.15 bits per heavy atom. The van der Waals surface area contributed by atoms with E-state index in [0.717, 1.165) is 32.6 Å². The van der Waals surface area contributed by atoms with E-state index in [4.69, 9.17) is 5.26 Å². The van der Waals surface area contributed by atoms with Gasteiger partial charge in [-0.1, -0.05) is 0 Å². The fourth-order valence-electron chi connectivity index (χ4n) is 2.12. The third kappa shape index (κ3) is 1.62. The van der Waals surface area contributed by atoms with Crippen molar-refractivity contribution in [2.45, 2.75) is 18.5 Å². The van der Waals surface area contributed by atoms with Crippen molar-refractivity contribution in [3.8, 4) is 6.19 Å². The van der Waals surface area contributed by atoms with Crippen LogP contribution in [0.3, 0.4) is 0 Å². The Hall–Kier alpha value is -0.790. The largest absolute Gasteiger partial charge is 0.315 e. The summed E-state index contributed by atoms with van der Waals surface area (Å²) in [6.45, 7) is 4.19. The van der Waals surface area contributed by atoms with Gasteiger partial charge in [0.1, 0.15) is 0 Å². The monoisotopic (exact) mass is 180 g/mol.